The van der Waals surface area contributed by atoms with Crippen molar-refractivity contribution in [3.63, 3.8) is 0 Å². The molecule has 1 aliphatic rings. The number of benzene rings is 2. The Labute approximate surface area is 193 Å². The maximum absolute atomic E-state index is 13.9. The zero-order valence-electron chi connectivity index (χ0n) is 18.5. The van der Waals surface area contributed by atoms with E-state index in [2.05, 4.69) is 17.1 Å². The van der Waals surface area contributed by atoms with E-state index in [0.29, 0.717) is 18.7 Å². The molecule has 1 saturated heterocycles. The van der Waals surface area contributed by atoms with Gasteiger partial charge in [0.05, 0.1) is 23.4 Å². The minimum Gasteiger partial charge on any atom is -0.396 e. The molecule has 2 aromatic heterocycles. The van der Waals surface area contributed by atoms with Gasteiger partial charge in [-0.05, 0) is 49.1 Å². The van der Waals surface area contributed by atoms with Gasteiger partial charge in [-0.3, -0.25) is 9.78 Å². The molecule has 3 heterocycles. The molecule has 2 aromatic carbocycles. The van der Waals surface area contributed by atoms with Gasteiger partial charge in [0.1, 0.15) is 0 Å². The maximum atomic E-state index is 13.9. The topological polar surface area (TPSA) is 66.3 Å². The quantitative estimate of drug-likeness (QED) is 0.489. The summed E-state index contributed by atoms with van der Waals surface area (Å²) in [5, 5.41) is 11.2. The highest BCUT2D eigenvalue weighted by Gasteiger charge is 2.37. The first-order chi connectivity index (χ1) is 16.2. The largest absolute Gasteiger partial charge is 0.396 e. The number of pyridine rings is 2. The summed E-state index contributed by atoms with van der Waals surface area (Å²) in [5.41, 5.74) is 3.91. The lowest BCUT2D eigenvalue weighted by Gasteiger charge is -2.42. The first-order valence-electron chi connectivity index (χ1n) is 11.4. The number of hydrogen-bond acceptors (Lipinski definition) is 4. The summed E-state index contributed by atoms with van der Waals surface area (Å²) in [4.78, 5) is 24.8. The molecule has 0 saturated carbocycles. The molecule has 0 unspecified atom stereocenters. The number of aliphatic hydroxyl groups is 1. The van der Waals surface area contributed by atoms with E-state index in [-0.39, 0.29) is 17.9 Å². The summed E-state index contributed by atoms with van der Waals surface area (Å²) in [6.45, 7) is 1.29. The maximum Gasteiger partial charge on any atom is 0.254 e. The second kappa shape index (κ2) is 9.12. The lowest BCUT2D eigenvalue weighted by Crippen LogP contribution is -2.49. The summed E-state index contributed by atoms with van der Waals surface area (Å²) < 4.78 is 0. The van der Waals surface area contributed by atoms with Gasteiger partial charge in [0.25, 0.3) is 5.91 Å². The number of piperidine rings is 1. The van der Waals surface area contributed by atoms with Crippen molar-refractivity contribution in [2.24, 2.45) is 5.41 Å². The molecular weight excluding hydrogens is 410 g/mol. The first kappa shape index (κ1) is 21.3. The number of nitrogens with zero attached hydrogens (tertiary/aromatic N) is 3. The number of carbonyl (C=O) groups excluding carboxylic acids is 1. The Morgan fingerprint density at radius 2 is 1.85 bits per heavy atom. The molecule has 1 amide bonds. The molecule has 0 radical (unpaired) electrons. The summed E-state index contributed by atoms with van der Waals surface area (Å²) in [6, 6.07) is 23.7. The lowest BCUT2D eigenvalue weighted by molar-refractivity contribution is 0.0273. The molecule has 5 heteroatoms. The number of likely N-dealkylation sites (tertiary alicyclic amines) is 1. The van der Waals surface area contributed by atoms with Crippen molar-refractivity contribution >= 4 is 16.8 Å². The van der Waals surface area contributed by atoms with Gasteiger partial charge in [0.2, 0.25) is 0 Å². The van der Waals surface area contributed by atoms with Crippen LogP contribution < -0.4 is 0 Å². The van der Waals surface area contributed by atoms with Gasteiger partial charge in [-0.2, -0.15) is 0 Å². The molecular formula is C28H27N3O2. The first-order valence-corrected chi connectivity index (χ1v) is 11.4. The molecule has 0 spiro atoms. The number of carbonyl (C=O) groups is 1. The van der Waals surface area contributed by atoms with Crippen LogP contribution in [0.3, 0.4) is 0 Å². The zero-order chi connectivity index (χ0) is 22.7. The van der Waals surface area contributed by atoms with Crippen LogP contribution in [0.4, 0.5) is 0 Å². The fourth-order valence-corrected chi connectivity index (χ4v) is 4.92. The van der Waals surface area contributed by atoms with E-state index in [9.17, 15) is 9.90 Å². The Kier molecular flexibility index (Phi) is 5.88. The van der Waals surface area contributed by atoms with Gasteiger partial charge in [-0.1, -0.05) is 48.5 Å². The van der Waals surface area contributed by atoms with Crippen molar-refractivity contribution in [3.8, 4) is 11.3 Å². The van der Waals surface area contributed by atoms with E-state index in [4.69, 9.17) is 4.98 Å². The van der Waals surface area contributed by atoms with Crippen LogP contribution in [0, 0.1) is 5.41 Å². The van der Waals surface area contributed by atoms with Crippen LogP contribution in [-0.4, -0.2) is 45.6 Å². The van der Waals surface area contributed by atoms with Crippen molar-refractivity contribution in [3.05, 3.63) is 96.3 Å². The van der Waals surface area contributed by atoms with E-state index >= 15 is 0 Å². The van der Waals surface area contributed by atoms with E-state index < -0.39 is 0 Å². The fraction of sp³-hybridized carbons (Fsp3) is 0.250. The van der Waals surface area contributed by atoms with Crippen LogP contribution in [0.1, 0.15) is 28.8 Å². The highest BCUT2D eigenvalue weighted by molar-refractivity contribution is 6.07. The smallest absolute Gasteiger partial charge is 0.254 e. The second-order valence-corrected chi connectivity index (χ2v) is 8.96. The third kappa shape index (κ3) is 4.37. The van der Waals surface area contributed by atoms with Gasteiger partial charge >= 0.3 is 0 Å². The molecule has 1 fully saturated rings. The van der Waals surface area contributed by atoms with Crippen LogP contribution >= 0.6 is 0 Å². The molecule has 1 aliphatic heterocycles. The van der Waals surface area contributed by atoms with Crippen molar-refractivity contribution in [1.82, 2.24) is 14.9 Å². The standard InChI is InChI=1S/C28H27N3O2/c32-20-28(17-21-8-2-1-3-9-21)13-7-15-31(19-28)27(33)24-16-26(22-10-6-14-29-18-22)30-25-12-5-4-11-23(24)25/h1-6,8-12,14,16,18,32H,7,13,15,17,19-20H2/t28-/m0/s1. The Morgan fingerprint density at radius 3 is 2.64 bits per heavy atom. The van der Waals surface area contributed by atoms with Gasteiger partial charge < -0.3 is 10.0 Å². The van der Waals surface area contributed by atoms with Crippen LogP contribution in [-0.2, 0) is 6.42 Å². The predicted octanol–water partition coefficient (Wildman–Crippen LogP) is 4.75. The SMILES string of the molecule is O=C(c1cc(-c2cccnc2)nc2ccccc12)N1CCC[C@](CO)(Cc2ccccc2)C1. The number of aromatic nitrogens is 2. The summed E-state index contributed by atoms with van der Waals surface area (Å²) in [7, 11) is 0. The van der Waals surface area contributed by atoms with Crippen molar-refractivity contribution in [2.45, 2.75) is 19.3 Å². The highest BCUT2D eigenvalue weighted by Crippen LogP contribution is 2.35. The predicted molar refractivity (Wildman–Crippen MR) is 130 cm³/mol. The molecule has 5 nitrogen and oxygen atoms in total. The number of hydrogen-bond donors (Lipinski definition) is 1. The normalized spacial score (nSPS) is 18.4. The van der Waals surface area contributed by atoms with Crippen LogP contribution in [0.2, 0.25) is 0 Å². The molecule has 1 N–H and O–H groups in total. The van der Waals surface area contributed by atoms with Crippen LogP contribution in [0.25, 0.3) is 22.2 Å². The van der Waals surface area contributed by atoms with E-state index in [1.807, 2.05) is 65.6 Å². The summed E-state index contributed by atoms with van der Waals surface area (Å²) in [6.07, 6.45) is 6.03. The van der Waals surface area contributed by atoms with Gasteiger partial charge in [-0.25, -0.2) is 4.98 Å². The Balaban J connectivity index is 1.50. The monoisotopic (exact) mass is 437 g/mol. The summed E-state index contributed by atoms with van der Waals surface area (Å²) >= 11 is 0. The fourth-order valence-electron chi connectivity index (χ4n) is 4.92. The van der Waals surface area contributed by atoms with Crippen LogP contribution in [0.5, 0.6) is 0 Å². The number of para-hydroxylation sites is 1. The van der Waals surface area contributed by atoms with Crippen molar-refractivity contribution < 1.29 is 9.90 Å². The van der Waals surface area contributed by atoms with E-state index in [0.717, 1.165) is 41.4 Å². The average molecular weight is 438 g/mol. The van der Waals surface area contributed by atoms with Gasteiger partial charge in [0.15, 0.2) is 0 Å². The average Bonchev–Trinajstić information content (AvgIpc) is 2.89. The minimum atomic E-state index is -0.329. The molecule has 33 heavy (non-hydrogen) atoms. The molecule has 0 bridgehead atoms. The van der Waals surface area contributed by atoms with E-state index in [1.165, 1.54) is 5.56 Å². The number of fused-ring (bicyclic) bond motifs is 1. The van der Waals surface area contributed by atoms with Crippen LogP contribution in [0.15, 0.2) is 85.2 Å². The third-order valence-corrected chi connectivity index (χ3v) is 6.61. The van der Waals surface area contributed by atoms with E-state index in [1.54, 1.807) is 12.4 Å². The molecule has 166 valence electrons. The molecule has 4 aromatic rings. The Bertz CT molecular complexity index is 1260. The molecule has 0 aliphatic carbocycles. The number of aliphatic hydroxyl groups excluding tert-OH is 1. The zero-order valence-corrected chi connectivity index (χ0v) is 18.5. The minimum absolute atomic E-state index is 0.00988. The van der Waals surface area contributed by atoms with Gasteiger partial charge in [-0.15, -0.1) is 0 Å². The highest BCUT2D eigenvalue weighted by atomic mass is 16.3. The summed E-state index contributed by atoms with van der Waals surface area (Å²) in [5.74, 6) is -0.00988. The number of amides is 1. The van der Waals surface area contributed by atoms with Gasteiger partial charge in [0, 0.05) is 41.8 Å². The number of rotatable bonds is 5. The lowest BCUT2D eigenvalue weighted by atomic mass is 9.75. The molecule has 5 rings (SSSR count). The van der Waals surface area contributed by atoms with Crippen molar-refractivity contribution in [2.75, 3.05) is 19.7 Å². The Morgan fingerprint density at radius 1 is 1.03 bits per heavy atom. The second-order valence-electron chi connectivity index (χ2n) is 8.96. The Hall–Kier alpha value is -3.57. The van der Waals surface area contributed by atoms with Crippen molar-refractivity contribution in [1.29, 1.82) is 0 Å². The molecule has 1 atom stereocenters. The third-order valence-electron chi connectivity index (χ3n) is 6.61.